The van der Waals surface area contributed by atoms with Gasteiger partial charge in [0, 0.05) is 32.3 Å². The Morgan fingerprint density at radius 1 is 1.45 bits per heavy atom. The molecule has 0 aliphatic carbocycles. The molecule has 0 bridgehead atoms. The van der Waals surface area contributed by atoms with Crippen molar-refractivity contribution in [3.05, 3.63) is 11.3 Å². The number of rotatable bonds is 6. The van der Waals surface area contributed by atoms with Gasteiger partial charge in [-0.25, -0.2) is 0 Å². The van der Waals surface area contributed by atoms with Gasteiger partial charge in [0.25, 0.3) is 0 Å². The van der Waals surface area contributed by atoms with Crippen LogP contribution in [0.4, 0.5) is 5.82 Å². The van der Waals surface area contributed by atoms with E-state index in [1.807, 2.05) is 11.7 Å². The van der Waals surface area contributed by atoms with Crippen LogP contribution in [0, 0.1) is 6.92 Å². The number of hydrogen-bond donors (Lipinski definition) is 1. The zero-order valence-corrected chi connectivity index (χ0v) is 13.1. The molecule has 1 aliphatic heterocycles. The van der Waals surface area contributed by atoms with Gasteiger partial charge < -0.3 is 15.4 Å². The van der Waals surface area contributed by atoms with E-state index in [0.717, 1.165) is 38.2 Å². The Labute approximate surface area is 122 Å². The van der Waals surface area contributed by atoms with Crippen molar-refractivity contribution in [3.8, 4) is 0 Å². The van der Waals surface area contributed by atoms with Crippen molar-refractivity contribution < 1.29 is 4.74 Å². The fourth-order valence-electron chi connectivity index (χ4n) is 3.07. The van der Waals surface area contributed by atoms with Gasteiger partial charge in [-0.15, -0.1) is 0 Å². The van der Waals surface area contributed by atoms with E-state index in [9.17, 15) is 0 Å². The molecule has 0 aromatic carbocycles. The number of aryl methyl sites for hydroxylation is 2. The highest BCUT2D eigenvalue weighted by Crippen LogP contribution is 2.27. The maximum absolute atomic E-state index is 5.93. The molecule has 0 spiro atoms. The molecular formula is C15H28N4O. The Morgan fingerprint density at radius 2 is 2.25 bits per heavy atom. The lowest BCUT2D eigenvalue weighted by Gasteiger charge is -2.34. The zero-order valence-electron chi connectivity index (χ0n) is 13.1. The van der Waals surface area contributed by atoms with Crippen LogP contribution in [0.15, 0.2) is 0 Å². The summed E-state index contributed by atoms with van der Waals surface area (Å²) in [6.07, 6.45) is 4.68. The molecule has 1 aromatic heterocycles. The quantitative estimate of drug-likeness (QED) is 0.860. The van der Waals surface area contributed by atoms with E-state index in [1.165, 1.54) is 24.2 Å². The van der Waals surface area contributed by atoms with Crippen molar-refractivity contribution >= 4 is 5.82 Å². The fraction of sp³-hybridized carbons (Fsp3) is 0.800. The van der Waals surface area contributed by atoms with E-state index in [2.05, 4.69) is 23.8 Å². The largest absolute Gasteiger partial charge is 0.376 e. The van der Waals surface area contributed by atoms with Gasteiger partial charge in [0.05, 0.1) is 11.8 Å². The second kappa shape index (κ2) is 7.09. The van der Waals surface area contributed by atoms with Crippen molar-refractivity contribution in [1.82, 2.24) is 9.78 Å². The highest BCUT2D eigenvalue weighted by atomic mass is 16.5. The minimum atomic E-state index is 0.352. The normalized spacial score (nSPS) is 19.6. The lowest BCUT2D eigenvalue weighted by Crippen LogP contribution is -2.41. The Morgan fingerprint density at radius 3 is 2.95 bits per heavy atom. The van der Waals surface area contributed by atoms with Gasteiger partial charge in [0.2, 0.25) is 0 Å². The van der Waals surface area contributed by atoms with Crippen molar-refractivity contribution in [2.45, 2.75) is 45.6 Å². The number of aromatic nitrogens is 2. The highest BCUT2D eigenvalue weighted by molar-refractivity contribution is 5.51. The van der Waals surface area contributed by atoms with Crippen LogP contribution in [0.5, 0.6) is 0 Å². The van der Waals surface area contributed by atoms with Crippen molar-refractivity contribution in [1.29, 1.82) is 0 Å². The molecule has 1 atom stereocenters. The molecule has 5 nitrogen and oxygen atoms in total. The van der Waals surface area contributed by atoms with E-state index in [0.29, 0.717) is 12.6 Å². The summed E-state index contributed by atoms with van der Waals surface area (Å²) in [5.74, 6) is 1.23. The molecule has 1 fully saturated rings. The summed E-state index contributed by atoms with van der Waals surface area (Å²) >= 11 is 0. The number of nitrogens with zero attached hydrogens (tertiary/aromatic N) is 3. The monoisotopic (exact) mass is 280 g/mol. The molecular weight excluding hydrogens is 252 g/mol. The van der Waals surface area contributed by atoms with Crippen molar-refractivity contribution in [3.63, 3.8) is 0 Å². The molecule has 5 heteroatoms. The number of ether oxygens (including phenoxy) is 1. The standard InChI is InChI=1S/C15H28N4O/c1-4-10-20-13-6-5-9-19(11-13)15-14(7-8-16)12(2)17-18(15)3/h13H,4-11,16H2,1-3H3. The molecule has 2 rings (SSSR count). The topological polar surface area (TPSA) is 56.3 Å². The number of nitrogens with two attached hydrogens (primary N) is 1. The Hall–Kier alpha value is -1.07. The third kappa shape index (κ3) is 3.33. The lowest BCUT2D eigenvalue weighted by atomic mass is 10.1. The van der Waals surface area contributed by atoms with Crippen LogP contribution in [-0.2, 0) is 18.2 Å². The maximum Gasteiger partial charge on any atom is 0.130 e. The highest BCUT2D eigenvalue weighted by Gasteiger charge is 2.25. The first-order valence-corrected chi connectivity index (χ1v) is 7.76. The van der Waals surface area contributed by atoms with Crippen molar-refractivity contribution in [2.24, 2.45) is 12.8 Å². The van der Waals surface area contributed by atoms with Gasteiger partial charge in [0.1, 0.15) is 5.82 Å². The summed E-state index contributed by atoms with van der Waals surface area (Å²) in [4.78, 5) is 2.43. The number of anilines is 1. The predicted octanol–water partition coefficient (Wildman–Crippen LogP) is 1.63. The molecule has 114 valence electrons. The van der Waals surface area contributed by atoms with E-state index in [4.69, 9.17) is 10.5 Å². The minimum Gasteiger partial charge on any atom is -0.376 e. The van der Waals surface area contributed by atoms with E-state index < -0.39 is 0 Å². The van der Waals surface area contributed by atoms with Gasteiger partial charge in [-0.3, -0.25) is 4.68 Å². The van der Waals surface area contributed by atoms with Gasteiger partial charge >= 0.3 is 0 Å². The van der Waals surface area contributed by atoms with Crippen LogP contribution in [0.3, 0.4) is 0 Å². The first-order valence-electron chi connectivity index (χ1n) is 7.76. The summed E-state index contributed by atoms with van der Waals surface area (Å²) in [5.41, 5.74) is 8.15. The summed E-state index contributed by atoms with van der Waals surface area (Å²) in [6.45, 7) is 7.81. The molecule has 0 amide bonds. The van der Waals surface area contributed by atoms with Crippen LogP contribution >= 0.6 is 0 Å². The van der Waals surface area contributed by atoms with Crippen LogP contribution < -0.4 is 10.6 Å². The maximum atomic E-state index is 5.93. The van der Waals surface area contributed by atoms with Gasteiger partial charge in [-0.2, -0.15) is 5.10 Å². The molecule has 2 heterocycles. The molecule has 1 aliphatic rings. The van der Waals surface area contributed by atoms with E-state index in [1.54, 1.807) is 0 Å². The second-order valence-electron chi connectivity index (χ2n) is 5.63. The zero-order chi connectivity index (χ0) is 14.5. The van der Waals surface area contributed by atoms with Crippen molar-refractivity contribution in [2.75, 3.05) is 31.1 Å². The second-order valence-corrected chi connectivity index (χ2v) is 5.63. The lowest BCUT2D eigenvalue weighted by molar-refractivity contribution is 0.0437. The molecule has 1 aromatic rings. The average Bonchev–Trinajstić information content (AvgIpc) is 2.72. The molecule has 0 radical (unpaired) electrons. The minimum absolute atomic E-state index is 0.352. The Kier molecular flexibility index (Phi) is 5.43. The summed E-state index contributed by atoms with van der Waals surface area (Å²) in [5, 5.41) is 4.57. The van der Waals surface area contributed by atoms with Gasteiger partial charge in [-0.1, -0.05) is 6.92 Å². The average molecular weight is 280 g/mol. The number of piperidine rings is 1. The molecule has 20 heavy (non-hydrogen) atoms. The number of hydrogen-bond acceptors (Lipinski definition) is 4. The van der Waals surface area contributed by atoms with Gasteiger partial charge in [-0.05, 0) is 39.2 Å². The molecule has 0 saturated carbocycles. The SMILES string of the molecule is CCCOC1CCCN(c2c(CCN)c(C)nn2C)C1. The van der Waals surface area contributed by atoms with E-state index >= 15 is 0 Å². The van der Waals surface area contributed by atoms with Crippen LogP contribution in [0.25, 0.3) is 0 Å². The van der Waals surface area contributed by atoms with E-state index in [-0.39, 0.29) is 0 Å². The molecule has 1 unspecified atom stereocenters. The third-order valence-electron chi connectivity index (χ3n) is 3.94. The third-order valence-corrected chi connectivity index (χ3v) is 3.94. The van der Waals surface area contributed by atoms with Crippen LogP contribution in [-0.4, -0.2) is 42.1 Å². The predicted molar refractivity (Wildman–Crippen MR) is 82.2 cm³/mol. The first kappa shape index (κ1) is 15.3. The smallest absolute Gasteiger partial charge is 0.130 e. The Balaban J connectivity index is 2.13. The van der Waals surface area contributed by atoms with Gasteiger partial charge in [0.15, 0.2) is 0 Å². The Bertz CT molecular complexity index is 430. The fourth-order valence-corrected chi connectivity index (χ4v) is 3.07. The van der Waals surface area contributed by atoms with Crippen LogP contribution in [0.2, 0.25) is 0 Å². The summed E-state index contributed by atoms with van der Waals surface area (Å²) < 4.78 is 7.94. The molecule has 2 N–H and O–H groups in total. The molecule has 1 saturated heterocycles. The first-order chi connectivity index (χ1) is 9.67. The van der Waals surface area contributed by atoms with Crippen LogP contribution in [0.1, 0.15) is 37.4 Å². The summed E-state index contributed by atoms with van der Waals surface area (Å²) in [6, 6.07) is 0. The summed E-state index contributed by atoms with van der Waals surface area (Å²) in [7, 11) is 2.03.